The number of amides is 1. The summed E-state index contributed by atoms with van der Waals surface area (Å²) in [5.41, 5.74) is 0.371. The summed E-state index contributed by atoms with van der Waals surface area (Å²) in [6.07, 6.45) is -1.25. The zero-order chi connectivity index (χ0) is 15.5. The van der Waals surface area contributed by atoms with Crippen LogP contribution in [0.5, 0.6) is 0 Å². The van der Waals surface area contributed by atoms with E-state index in [1.807, 2.05) is 6.07 Å². The number of aliphatic hydroxyl groups excluding tert-OH is 1. The van der Waals surface area contributed by atoms with Crippen molar-refractivity contribution in [1.29, 1.82) is 0 Å². The Hall–Kier alpha value is -2.20. The van der Waals surface area contributed by atoms with Crippen LogP contribution in [0.25, 0.3) is 0 Å². The summed E-state index contributed by atoms with van der Waals surface area (Å²) >= 11 is 0. The second-order valence-electron chi connectivity index (χ2n) is 5.44. The van der Waals surface area contributed by atoms with Gasteiger partial charge in [0, 0.05) is 0 Å². The maximum Gasteiger partial charge on any atom is 0.254 e. The molecule has 1 atom stereocenters. The number of carbonyl (C=O) groups excluding carboxylic acids is 1. The van der Waals surface area contributed by atoms with Gasteiger partial charge in [-0.1, -0.05) is 42.5 Å². The minimum atomic E-state index is -1.25. The Kier molecular flexibility index (Phi) is 4.38. The lowest BCUT2D eigenvalue weighted by Crippen LogP contribution is -2.43. The maximum atomic E-state index is 13.3. The molecule has 0 aliphatic heterocycles. The molecule has 0 heterocycles. The SMILES string of the molecule is CC(C)(NC(=O)C(O)c1ccccc1)c1cccc(F)c1. The fourth-order valence-corrected chi connectivity index (χ4v) is 2.11. The van der Waals surface area contributed by atoms with E-state index in [9.17, 15) is 14.3 Å². The smallest absolute Gasteiger partial charge is 0.254 e. The Balaban J connectivity index is 2.14. The van der Waals surface area contributed by atoms with Crippen LogP contribution in [0.2, 0.25) is 0 Å². The first-order valence-corrected chi connectivity index (χ1v) is 6.71. The molecule has 2 aromatic rings. The van der Waals surface area contributed by atoms with Crippen molar-refractivity contribution in [3.05, 3.63) is 71.5 Å². The van der Waals surface area contributed by atoms with E-state index in [4.69, 9.17) is 0 Å². The van der Waals surface area contributed by atoms with Gasteiger partial charge in [-0.25, -0.2) is 4.39 Å². The third-order valence-corrected chi connectivity index (χ3v) is 3.35. The predicted molar refractivity (Wildman–Crippen MR) is 79.0 cm³/mol. The van der Waals surface area contributed by atoms with Crippen LogP contribution in [0.3, 0.4) is 0 Å². The van der Waals surface area contributed by atoms with Crippen molar-refractivity contribution in [2.45, 2.75) is 25.5 Å². The van der Waals surface area contributed by atoms with E-state index in [2.05, 4.69) is 5.32 Å². The summed E-state index contributed by atoms with van der Waals surface area (Å²) in [6, 6.07) is 14.7. The highest BCUT2D eigenvalue weighted by Gasteiger charge is 2.27. The van der Waals surface area contributed by atoms with Gasteiger partial charge in [-0.05, 0) is 37.1 Å². The van der Waals surface area contributed by atoms with Gasteiger partial charge in [0.15, 0.2) is 6.10 Å². The number of rotatable bonds is 4. The molecule has 0 radical (unpaired) electrons. The molecule has 3 nitrogen and oxygen atoms in total. The van der Waals surface area contributed by atoms with Crippen LogP contribution in [0, 0.1) is 5.82 Å². The normalized spacial score (nSPS) is 12.8. The van der Waals surface area contributed by atoms with Crippen LogP contribution >= 0.6 is 0 Å². The molecule has 0 saturated carbocycles. The number of nitrogens with one attached hydrogen (secondary N) is 1. The monoisotopic (exact) mass is 287 g/mol. The van der Waals surface area contributed by atoms with Crippen molar-refractivity contribution in [2.24, 2.45) is 0 Å². The highest BCUT2D eigenvalue weighted by atomic mass is 19.1. The first-order valence-electron chi connectivity index (χ1n) is 6.71. The van der Waals surface area contributed by atoms with Gasteiger partial charge in [0.1, 0.15) is 5.82 Å². The maximum absolute atomic E-state index is 13.3. The molecule has 0 fully saturated rings. The number of hydrogen-bond acceptors (Lipinski definition) is 2. The van der Waals surface area contributed by atoms with E-state index in [0.717, 1.165) is 0 Å². The van der Waals surface area contributed by atoms with Crippen molar-refractivity contribution in [3.63, 3.8) is 0 Å². The third-order valence-electron chi connectivity index (χ3n) is 3.35. The second kappa shape index (κ2) is 6.06. The molecule has 1 unspecified atom stereocenters. The van der Waals surface area contributed by atoms with Crippen LogP contribution in [-0.4, -0.2) is 11.0 Å². The van der Waals surface area contributed by atoms with Crippen molar-refractivity contribution in [2.75, 3.05) is 0 Å². The van der Waals surface area contributed by atoms with Crippen LogP contribution in [0.15, 0.2) is 54.6 Å². The molecule has 0 saturated heterocycles. The first kappa shape index (κ1) is 15.2. The van der Waals surface area contributed by atoms with Crippen molar-refractivity contribution < 1.29 is 14.3 Å². The van der Waals surface area contributed by atoms with Gasteiger partial charge >= 0.3 is 0 Å². The largest absolute Gasteiger partial charge is 0.378 e. The highest BCUT2D eigenvalue weighted by Crippen LogP contribution is 2.22. The van der Waals surface area contributed by atoms with Crippen LogP contribution in [0.1, 0.15) is 31.1 Å². The van der Waals surface area contributed by atoms with E-state index in [1.165, 1.54) is 12.1 Å². The number of benzene rings is 2. The van der Waals surface area contributed by atoms with Gasteiger partial charge in [0.25, 0.3) is 5.91 Å². The summed E-state index contributed by atoms with van der Waals surface area (Å²) in [5.74, 6) is -0.881. The van der Waals surface area contributed by atoms with Crippen LogP contribution in [0.4, 0.5) is 4.39 Å². The zero-order valence-corrected chi connectivity index (χ0v) is 12.0. The van der Waals surface area contributed by atoms with Gasteiger partial charge in [0.2, 0.25) is 0 Å². The van der Waals surface area contributed by atoms with E-state index in [0.29, 0.717) is 11.1 Å². The molecular formula is C17H18FNO2. The van der Waals surface area contributed by atoms with E-state index < -0.39 is 17.6 Å². The predicted octanol–water partition coefficient (Wildman–Crippen LogP) is 2.91. The molecular weight excluding hydrogens is 269 g/mol. The van der Waals surface area contributed by atoms with Gasteiger partial charge in [-0.3, -0.25) is 4.79 Å². The summed E-state index contributed by atoms with van der Waals surface area (Å²) < 4.78 is 13.3. The van der Waals surface area contributed by atoms with Gasteiger partial charge in [-0.15, -0.1) is 0 Å². The molecule has 4 heteroatoms. The minimum absolute atomic E-state index is 0.363. The van der Waals surface area contributed by atoms with Gasteiger partial charge in [0.05, 0.1) is 5.54 Å². The topological polar surface area (TPSA) is 49.3 Å². The van der Waals surface area contributed by atoms with E-state index >= 15 is 0 Å². The summed E-state index contributed by atoms with van der Waals surface area (Å²) in [6.45, 7) is 3.52. The molecule has 2 N–H and O–H groups in total. The number of halogens is 1. The molecule has 2 rings (SSSR count). The highest BCUT2D eigenvalue weighted by molar-refractivity contribution is 5.82. The third kappa shape index (κ3) is 3.67. The minimum Gasteiger partial charge on any atom is -0.378 e. The number of aliphatic hydroxyl groups is 1. The molecule has 21 heavy (non-hydrogen) atoms. The number of hydrogen-bond donors (Lipinski definition) is 2. The average molecular weight is 287 g/mol. The Morgan fingerprint density at radius 3 is 2.43 bits per heavy atom. The lowest BCUT2D eigenvalue weighted by Gasteiger charge is -2.28. The first-order chi connectivity index (χ1) is 9.90. The fourth-order valence-electron chi connectivity index (χ4n) is 2.11. The quantitative estimate of drug-likeness (QED) is 0.908. The molecule has 0 aliphatic rings. The van der Waals surface area contributed by atoms with Gasteiger partial charge in [-0.2, -0.15) is 0 Å². The van der Waals surface area contributed by atoms with Crippen molar-refractivity contribution in [1.82, 2.24) is 5.32 Å². The van der Waals surface area contributed by atoms with Crippen LogP contribution < -0.4 is 5.32 Å². The number of carbonyl (C=O) groups is 1. The second-order valence-corrected chi connectivity index (χ2v) is 5.44. The molecule has 0 spiro atoms. The summed E-state index contributed by atoms with van der Waals surface area (Å²) in [4.78, 5) is 12.2. The Morgan fingerprint density at radius 1 is 1.14 bits per heavy atom. The van der Waals surface area contributed by atoms with Gasteiger partial charge < -0.3 is 10.4 Å². The lowest BCUT2D eigenvalue weighted by molar-refractivity contribution is -0.131. The Morgan fingerprint density at radius 2 is 1.81 bits per heavy atom. The average Bonchev–Trinajstić information content (AvgIpc) is 2.47. The van der Waals surface area contributed by atoms with Crippen molar-refractivity contribution in [3.8, 4) is 0 Å². The van der Waals surface area contributed by atoms with Crippen molar-refractivity contribution >= 4 is 5.91 Å². The molecule has 2 aromatic carbocycles. The zero-order valence-electron chi connectivity index (χ0n) is 12.0. The van der Waals surface area contributed by atoms with E-state index in [1.54, 1.807) is 50.2 Å². The fraction of sp³-hybridized carbons (Fsp3) is 0.235. The standard InChI is InChI=1S/C17H18FNO2/c1-17(2,13-9-6-10-14(18)11-13)19-16(21)15(20)12-7-4-3-5-8-12/h3-11,15,20H,1-2H3,(H,19,21). The molecule has 0 aromatic heterocycles. The Labute approximate surface area is 123 Å². The molecule has 0 aliphatic carbocycles. The molecule has 0 bridgehead atoms. The summed E-state index contributed by atoms with van der Waals surface area (Å²) in [7, 11) is 0. The van der Waals surface area contributed by atoms with E-state index in [-0.39, 0.29) is 5.82 Å². The molecule has 1 amide bonds. The molecule has 110 valence electrons. The summed E-state index contributed by atoms with van der Waals surface area (Å²) in [5, 5.41) is 12.8. The van der Waals surface area contributed by atoms with Crippen LogP contribution in [-0.2, 0) is 10.3 Å². The lowest BCUT2D eigenvalue weighted by atomic mass is 9.93. The Bertz CT molecular complexity index is 626.